The molecule has 1 atom stereocenters. The van der Waals surface area contributed by atoms with E-state index in [1.807, 2.05) is 7.05 Å². The molecule has 1 unspecified atom stereocenters. The molecule has 2 aliphatic rings. The average molecular weight is 284 g/mol. The van der Waals surface area contributed by atoms with Gasteiger partial charge < -0.3 is 15.1 Å². The second-order valence-corrected chi connectivity index (χ2v) is 7.12. The zero-order valence-corrected chi connectivity index (χ0v) is 13.4. The molecule has 1 N–H and O–H groups in total. The summed E-state index contributed by atoms with van der Waals surface area (Å²) in [6.07, 6.45) is 1.37. The van der Waals surface area contributed by atoms with Crippen molar-refractivity contribution in [2.75, 3.05) is 52.1 Å². The topological polar surface area (TPSA) is 30.9 Å². The van der Waals surface area contributed by atoms with Crippen molar-refractivity contribution < 1.29 is 0 Å². The lowest BCUT2D eigenvalue weighted by molar-refractivity contribution is 0.184. The Morgan fingerprint density at radius 3 is 2.74 bits per heavy atom. The van der Waals surface area contributed by atoms with Gasteiger partial charge in [0.25, 0.3) is 0 Å². The smallest absolute Gasteiger partial charge is 0.193 e. The summed E-state index contributed by atoms with van der Waals surface area (Å²) in [6.45, 7) is 11.6. The van der Waals surface area contributed by atoms with Crippen molar-refractivity contribution in [1.29, 1.82) is 0 Å². The molecule has 2 rings (SSSR count). The fourth-order valence-electron chi connectivity index (χ4n) is 2.53. The summed E-state index contributed by atoms with van der Waals surface area (Å²) >= 11 is 2.11. The van der Waals surface area contributed by atoms with E-state index in [-0.39, 0.29) is 0 Å². The summed E-state index contributed by atoms with van der Waals surface area (Å²) in [5.41, 5.74) is 0. The van der Waals surface area contributed by atoms with Gasteiger partial charge in [0, 0.05) is 44.2 Å². The van der Waals surface area contributed by atoms with E-state index < -0.39 is 0 Å². The monoisotopic (exact) mass is 284 g/mol. The molecule has 0 bridgehead atoms. The summed E-state index contributed by atoms with van der Waals surface area (Å²) < 4.78 is 0. The van der Waals surface area contributed by atoms with Crippen LogP contribution in [-0.4, -0.2) is 73.1 Å². The SMILES string of the molecule is CN=C(NCCN1CCC1)N1CCSC(C(C)C)C1. The molecule has 0 aromatic rings. The fourth-order valence-corrected chi connectivity index (χ4v) is 3.83. The van der Waals surface area contributed by atoms with E-state index in [0.717, 1.165) is 43.3 Å². The van der Waals surface area contributed by atoms with Gasteiger partial charge in [0.2, 0.25) is 0 Å². The molecule has 19 heavy (non-hydrogen) atoms. The Morgan fingerprint density at radius 1 is 1.37 bits per heavy atom. The highest BCUT2D eigenvalue weighted by molar-refractivity contribution is 8.00. The number of thioether (sulfide) groups is 1. The Labute approximate surface area is 122 Å². The standard InChI is InChI=1S/C14H28N4S/c1-12(2)13-11-18(9-10-19-13)14(15-3)16-5-8-17-6-4-7-17/h12-13H,4-11H2,1-3H3,(H,15,16). The molecular weight excluding hydrogens is 256 g/mol. The summed E-state index contributed by atoms with van der Waals surface area (Å²) in [6, 6.07) is 0. The third-order valence-corrected chi connectivity index (χ3v) is 5.55. The van der Waals surface area contributed by atoms with Crippen LogP contribution in [0.3, 0.4) is 0 Å². The Kier molecular flexibility index (Phi) is 5.82. The van der Waals surface area contributed by atoms with Crippen molar-refractivity contribution in [2.45, 2.75) is 25.5 Å². The van der Waals surface area contributed by atoms with Gasteiger partial charge in [0.1, 0.15) is 0 Å². The second-order valence-electron chi connectivity index (χ2n) is 5.77. The molecule has 0 aromatic carbocycles. The van der Waals surface area contributed by atoms with Gasteiger partial charge in [-0.2, -0.15) is 11.8 Å². The molecule has 5 heteroatoms. The minimum absolute atomic E-state index is 0.739. The fraction of sp³-hybridized carbons (Fsp3) is 0.929. The number of nitrogens with zero attached hydrogens (tertiary/aromatic N) is 3. The number of hydrogen-bond donors (Lipinski definition) is 1. The van der Waals surface area contributed by atoms with Crippen LogP contribution >= 0.6 is 11.8 Å². The number of hydrogen-bond acceptors (Lipinski definition) is 3. The Hall–Kier alpha value is -0.420. The molecular formula is C14H28N4S. The van der Waals surface area contributed by atoms with Gasteiger partial charge in [-0.15, -0.1) is 0 Å². The van der Waals surface area contributed by atoms with Crippen LogP contribution < -0.4 is 5.32 Å². The first-order valence-electron chi connectivity index (χ1n) is 7.50. The van der Waals surface area contributed by atoms with Crippen LogP contribution in [0.4, 0.5) is 0 Å². The normalized spacial score (nSPS) is 25.6. The van der Waals surface area contributed by atoms with Gasteiger partial charge in [-0.1, -0.05) is 13.8 Å². The first kappa shape index (κ1) is 15.0. The maximum Gasteiger partial charge on any atom is 0.193 e. The van der Waals surface area contributed by atoms with Gasteiger partial charge in [-0.3, -0.25) is 4.99 Å². The Balaban J connectivity index is 1.76. The number of rotatable bonds is 4. The van der Waals surface area contributed by atoms with Gasteiger partial charge in [0.05, 0.1) is 0 Å². The Morgan fingerprint density at radius 2 is 2.16 bits per heavy atom. The molecule has 0 radical (unpaired) electrons. The summed E-state index contributed by atoms with van der Waals surface area (Å²) in [4.78, 5) is 9.37. The van der Waals surface area contributed by atoms with Gasteiger partial charge in [-0.05, 0) is 25.4 Å². The first-order valence-corrected chi connectivity index (χ1v) is 8.55. The molecule has 110 valence electrons. The zero-order chi connectivity index (χ0) is 13.7. The van der Waals surface area contributed by atoms with E-state index in [4.69, 9.17) is 0 Å². The van der Waals surface area contributed by atoms with E-state index >= 15 is 0 Å². The van der Waals surface area contributed by atoms with Crippen LogP contribution in [0.1, 0.15) is 20.3 Å². The largest absolute Gasteiger partial charge is 0.355 e. The highest BCUT2D eigenvalue weighted by Gasteiger charge is 2.24. The third kappa shape index (κ3) is 4.28. The maximum absolute atomic E-state index is 4.45. The number of aliphatic imine (C=N–C) groups is 1. The Bertz CT molecular complexity index is 302. The molecule has 0 aromatic heterocycles. The number of likely N-dealkylation sites (tertiary alicyclic amines) is 1. The zero-order valence-electron chi connectivity index (χ0n) is 12.6. The van der Waals surface area contributed by atoms with Crippen molar-refractivity contribution in [1.82, 2.24) is 15.1 Å². The quantitative estimate of drug-likeness (QED) is 0.623. The second kappa shape index (κ2) is 7.39. The molecule has 2 aliphatic heterocycles. The summed E-state index contributed by atoms with van der Waals surface area (Å²) in [5.74, 6) is 3.05. The van der Waals surface area contributed by atoms with Crippen LogP contribution in [0.2, 0.25) is 0 Å². The average Bonchev–Trinajstić information content (AvgIpc) is 2.37. The van der Waals surface area contributed by atoms with Crippen molar-refractivity contribution in [3.8, 4) is 0 Å². The van der Waals surface area contributed by atoms with Crippen LogP contribution in [-0.2, 0) is 0 Å². The van der Waals surface area contributed by atoms with Crippen LogP contribution in [0.5, 0.6) is 0 Å². The minimum atomic E-state index is 0.739. The highest BCUT2D eigenvalue weighted by Crippen LogP contribution is 2.24. The van der Waals surface area contributed by atoms with E-state index in [9.17, 15) is 0 Å². The molecule has 0 aliphatic carbocycles. The number of guanidine groups is 1. The van der Waals surface area contributed by atoms with E-state index in [2.05, 4.69) is 45.7 Å². The van der Waals surface area contributed by atoms with Gasteiger partial charge >= 0.3 is 0 Å². The maximum atomic E-state index is 4.45. The van der Waals surface area contributed by atoms with Crippen LogP contribution in [0.25, 0.3) is 0 Å². The van der Waals surface area contributed by atoms with E-state index in [0.29, 0.717) is 0 Å². The van der Waals surface area contributed by atoms with Crippen molar-refractivity contribution in [3.63, 3.8) is 0 Å². The molecule has 2 heterocycles. The summed E-state index contributed by atoms with van der Waals surface area (Å²) in [7, 11) is 1.90. The van der Waals surface area contributed by atoms with Crippen molar-refractivity contribution in [3.05, 3.63) is 0 Å². The lowest BCUT2D eigenvalue weighted by Crippen LogP contribution is -2.51. The molecule has 2 saturated heterocycles. The third-order valence-electron chi connectivity index (χ3n) is 4.01. The summed E-state index contributed by atoms with van der Waals surface area (Å²) in [5, 5.41) is 4.26. The molecule has 0 saturated carbocycles. The highest BCUT2D eigenvalue weighted by atomic mass is 32.2. The predicted octanol–water partition coefficient (Wildman–Crippen LogP) is 1.34. The lowest BCUT2D eigenvalue weighted by atomic mass is 10.1. The lowest BCUT2D eigenvalue weighted by Gasteiger charge is -2.37. The van der Waals surface area contributed by atoms with Crippen molar-refractivity contribution >= 4 is 17.7 Å². The predicted molar refractivity (Wildman–Crippen MR) is 85.1 cm³/mol. The molecule has 4 nitrogen and oxygen atoms in total. The molecule has 2 fully saturated rings. The van der Waals surface area contributed by atoms with E-state index in [1.165, 1.54) is 25.3 Å². The molecule has 0 amide bonds. The number of nitrogens with one attached hydrogen (secondary N) is 1. The van der Waals surface area contributed by atoms with E-state index in [1.54, 1.807) is 0 Å². The molecule has 0 spiro atoms. The van der Waals surface area contributed by atoms with Crippen LogP contribution in [0, 0.1) is 5.92 Å². The van der Waals surface area contributed by atoms with Crippen molar-refractivity contribution in [2.24, 2.45) is 10.9 Å². The van der Waals surface area contributed by atoms with Crippen LogP contribution in [0.15, 0.2) is 4.99 Å². The van der Waals surface area contributed by atoms with Gasteiger partial charge in [-0.25, -0.2) is 0 Å². The minimum Gasteiger partial charge on any atom is -0.355 e. The van der Waals surface area contributed by atoms with Gasteiger partial charge in [0.15, 0.2) is 5.96 Å². The first-order chi connectivity index (χ1) is 9.20.